The van der Waals surface area contributed by atoms with E-state index in [1.807, 2.05) is 12.1 Å². The molecule has 0 aliphatic rings. The smallest absolute Gasteiger partial charge is 0.261 e. The first-order chi connectivity index (χ1) is 9.93. The molecule has 2 rings (SSSR count). The zero-order chi connectivity index (χ0) is 15.6. The van der Waals surface area contributed by atoms with Gasteiger partial charge in [0.2, 0.25) is 0 Å². The Labute approximate surface area is 147 Å². The molecule has 0 saturated carbocycles. The summed E-state index contributed by atoms with van der Waals surface area (Å²) < 4.78 is 7.56. The second kappa shape index (κ2) is 6.81. The first-order valence-corrected chi connectivity index (χ1v) is 8.20. The van der Waals surface area contributed by atoms with Crippen LogP contribution < -0.4 is 15.8 Å². The lowest BCUT2D eigenvalue weighted by molar-refractivity contribution is 0.102. The van der Waals surface area contributed by atoms with E-state index < -0.39 is 0 Å². The van der Waals surface area contributed by atoms with Crippen molar-refractivity contribution >= 4 is 65.1 Å². The Morgan fingerprint density at radius 1 is 1.19 bits per heavy atom. The molecule has 0 spiro atoms. The number of carbonyl (C=O) groups is 1. The molecule has 0 aliphatic heterocycles. The molecule has 0 saturated heterocycles. The molecular formula is C14H11Br3N2O2. The SMILES string of the molecule is COc1cccc(N)c1C(=O)Nc1c(Br)cc(Br)cc1Br. The average Bonchev–Trinajstić information content (AvgIpc) is 2.42. The first-order valence-electron chi connectivity index (χ1n) is 5.82. The number of benzene rings is 2. The van der Waals surface area contributed by atoms with Crippen molar-refractivity contribution in [2.24, 2.45) is 0 Å². The monoisotopic (exact) mass is 476 g/mol. The Morgan fingerprint density at radius 2 is 1.81 bits per heavy atom. The van der Waals surface area contributed by atoms with Gasteiger partial charge in [-0.1, -0.05) is 22.0 Å². The Balaban J connectivity index is 2.40. The van der Waals surface area contributed by atoms with E-state index in [-0.39, 0.29) is 5.91 Å². The number of anilines is 2. The highest BCUT2D eigenvalue weighted by atomic mass is 79.9. The maximum Gasteiger partial charge on any atom is 0.261 e. The molecule has 4 nitrogen and oxygen atoms in total. The van der Waals surface area contributed by atoms with Crippen molar-refractivity contribution in [3.05, 3.63) is 49.3 Å². The van der Waals surface area contributed by atoms with Gasteiger partial charge in [-0.2, -0.15) is 0 Å². The van der Waals surface area contributed by atoms with E-state index in [0.29, 0.717) is 22.7 Å². The summed E-state index contributed by atoms with van der Waals surface area (Å²) in [5.74, 6) is 0.0885. The second-order valence-electron chi connectivity index (χ2n) is 4.12. The van der Waals surface area contributed by atoms with Gasteiger partial charge in [0.05, 0.1) is 12.8 Å². The molecule has 0 heterocycles. The molecule has 1 amide bonds. The van der Waals surface area contributed by atoms with E-state index in [4.69, 9.17) is 10.5 Å². The average molecular weight is 479 g/mol. The molecule has 3 N–H and O–H groups in total. The van der Waals surface area contributed by atoms with Gasteiger partial charge in [-0.15, -0.1) is 0 Å². The van der Waals surface area contributed by atoms with Gasteiger partial charge >= 0.3 is 0 Å². The second-order valence-corrected chi connectivity index (χ2v) is 6.75. The Morgan fingerprint density at radius 3 is 2.38 bits per heavy atom. The van der Waals surface area contributed by atoms with E-state index in [1.165, 1.54) is 7.11 Å². The number of carbonyl (C=O) groups excluding carboxylic acids is 1. The highest BCUT2D eigenvalue weighted by Crippen LogP contribution is 2.35. The summed E-state index contributed by atoms with van der Waals surface area (Å²) >= 11 is 10.2. The number of amides is 1. The fourth-order valence-corrected chi connectivity index (χ4v) is 4.26. The zero-order valence-electron chi connectivity index (χ0n) is 10.9. The van der Waals surface area contributed by atoms with Crippen LogP contribution >= 0.6 is 47.8 Å². The van der Waals surface area contributed by atoms with Crippen LogP contribution in [0.15, 0.2) is 43.7 Å². The van der Waals surface area contributed by atoms with Gasteiger partial charge in [0.1, 0.15) is 11.3 Å². The molecule has 0 radical (unpaired) electrons. The summed E-state index contributed by atoms with van der Waals surface area (Å²) in [7, 11) is 1.50. The number of nitrogens with two attached hydrogens (primary N) is 1. The van der Waals surface area contributed by atoms with Crippen LogP contribution in [0, 0.1) is 0 Å². The Bertz CT molecular complexity index is 682. The van der Waals surface area contributed by atoms with Gasteiger partial charge in [0.25, 0.3) is 5.91 Å². The maximum atomic E-state index is 12.5. The van der Waals surface area contributed by atoms with Crippen LogP contribution in [0.3, 0.4) is 0 Å². The molecular weight excluding hydrogens is 468 g/mol. The van der Waals surface area contributed by atoms with E-state index in [0.717, 1.165) is 13.4 Å². The number of rotatable bonds is 3. The van der Waals surface area contributed by atoms with E-state index in [9.17, 15) is 4.79 Å². The van der Waals surface area contributed by atoms with Crippen LogP contribution in [-0.4, -0.2) is 13.0 Å². The van der Waals surface area contributed by atoms with Crippen molar-refractivity contribution in [1.82, 2.24) is 0 Å². The zero-order valence-corrected chi connectivity index (χ0v) is 15.7. The number of ether oxygens (including phenoxy) is 1. The van der Waals surface area contributed by atoms with Gasteiger partial charge in [-0.25, -0.2) is 0 Å². The predicted octanol–water partition coefficient (Wildman–Crippen LogP) is 4.82. The summed E-state index contributed by atoms with van der Waals surface area (Å²) in [4.78, 5) is 12.5. The van der Waals surface area contributed by atoms with Gasteiger partial charge in [-0.3, -0.25) is 4.79 Å². The van der Waals surface area contributed by atoms with E-state index in [2.05, 4.69) is 53.1 Å². The van der Waals surface area contributed by atoms with Gasteiger partial charge in [0.15, 0.2) is 0 Å². The number of nitrogen functional groups attached to an aromatic ring is 1. The van der Waals surface area contributed by atoms with E-state index >= 15 is 0 Å². The minimum Gasteiger partial charge on any atom is -0.496 e. The summed E-state index contributed by atoms with van der Waals surface area (Å²) in [5.41, 5.74) is 7.16. The minimum absolute atomic E-state index is 0.307. The topological polar surface area (TPSA) is 64.3 Å². The van der Waals surface area contributed by atoms with Crippen molar-refractivity contribution in [2.45, 2.75) is 0 Å². The predicted molar refractivity (Wildman–Crippen MR) is 94.9 cm³/mol. The summed E-state index contributed by atoms with van der Waals surface area (Å²) in [5, 5.41) is 2.82. The van der Waals surface area contributed by atoms with Crippen LogP contribution in [0.4, 0.5) is 11.4 Å². The highest BCUT2D eigenvalue weighted by molar-refractivity contribution is 9.11. The first kappa shape index (κ1) is 16.3. The lowest BCUT2D eigenvalue weighted by atomic mass is 10.1. The molecule has 0 atom stereocenters. The van der Waals surface area contributed by atoms with Crippen LogP contribution in [0.5, 0.6) is 5.75 Å². The molecule has 110 valence electrons. The number of methoxy groups -OCH3 is 1. The molecule has 2 aromatic rings. The third kappa shape index (κ3) is 3.59. The molecule has 21 heavy (non-hydrogen) atoms. The van der Waals surface area contributed by atoms with Crippen molar-refractivity contribution in [2.75, 3.05) is 18.2 Å². The van der Waals surface area contributed by atoms with Crippen LogP contribution in [0.2, 0.25) is 0 Å². The van der Waals surface area contributed by atoms with Crippen molar-refractivity contribution in [1.29, 1.82) is 0 Å². The van der Waals surface area contributed by atoms with E-state index in [1.54, 1.807) is 18.2 Å². The fourth-order valence-electron chi connectivity index (χ4n) is 1.80. The van der Waals surface area contributed by atoms with Crippen LogP contribution in [0.1, 0.15) is 10.4 Å². The molecule has 0 bridgehead atoms. The van der Waals surface area contributed by atoms with Crippen LogP contribution in [-0.2, 0) is 0 Å². The third-order valence-electron chi connectivity index (χ3n) is 2.75. The number of hydrogen-bond acceptors (Lipinski definition) is 3. The largest absolute Gasteiger partial charge is 0.496 e. The molecule has 7 heteroatoms. The quantitative estimate of drug-likeness (QED) is 0.622. The molecule has 0 aliphatic carbocycles. The fraction of sp³-hybridized carbons (Fsp3) is 0.0714. The summed E-state index contributed by atoms with van der Waals surface area (Å²) in [6, 6.07) is 8.76. The highest BCUT2D eigenvalue weighted by Gasteiger charge is 2.18. The number of halogens is 3. The minimum atomic E-state index is -0.339. The lowest BCUT2D eigenvalue weighted by Gasteiger charge is -2.14. The van der Waals surface area contributed by atoms with Crippen molar-refractivity contribution in [3.63, 3.8) is 0 Å². The molecule has 0 fully saturated rings. The van der Waals surface area contributed by atoms with Gasteiger partial charge in [-0.05, 0) is 56.1 Å². The van der Waals surface area contributed by atoms with Crippen molar-refractivity contribution in [3.8, 4) is 5.75 Å². The third-order valence-corrected chi connectivity index (χ3v) is 4.46. The van der Waals surface area contributed by atoms with Crippen LogP contribution in [0.25, 0.3) is 0 Å². The lowest BCUT2D eigenvalue weighted by Crippen LogP contribution is -2.16. The Kier molecular flexibility index (Phi) is 5.29. The summed E-state index contributed by atoms with van der Waals surface area (Å²) in [6.07, 6.45) is 0. The Hall–Kier alpha value is -1.05. The maximum absolute atomic E-state index is 12.5. The molecule has 2 aromatic carbocycles. The standard InChI is InChI=1S/C14H11Br3N2O2/c1-21-11-4-2-3-10(18)12(11)14(20)19-13-8(16)5-7(15)6-9(13)17/h2-6H,18H2,1H3,(H,19,20). The number of hydrogen-bond donors (Lipinski definition) is 2. The summed E-state index contributed by atoms with van der Waals surface area (Å²) in [6.45, 7) is 0. The normalized spacial score (nSPS) is 10.3. The van der Waals surface area contributed by atoms with Gasteiger partial charge in [0, 0.05) is 19.1 Å². The van der Waals surface area contributed by atoms with Gasteiger partial charge < -0.3 is 15.8 Å². The molecule has 0 unspecified atom stereocenters. The number of nitrogens with one attached hydrogen (secondary N) is 1. The van der Waals surface area contributed by atoms with Crippen molar-refractivity contribution < 1.29 is 9.53 Å². The molecule has 0 aromatic heterocycles.